The van der Waals surface area contributed by atoms with E-state index in [0.717, 1.165) is 56.7 Å². The molecule has 3 fully saturated rings. The summed E-state index contributed by atoms with van der Waals surface area (Å²) in [5.41, 5.74) is 1.58. The highest BCUT2D eigenvalue weighted by molar-refractivity contribution is 5.75. The molecule has 1 aliphatic carbocycles. The van der Waals surface area contributed by atoms with Crippen molar-refractivity contribution in [3.05, 3.63) is 30.1 Å². The summed E-state index contributed by atoms with van der Waals surface area (Å²) >= 11 is 0. The number of likely N-dealkylation sites (tertiary alicyclic amines) is 2. The second-order valence-electron chi connectivity index (χ2n) is 8.82. The van der Waals surface area contributed by atoms with Gasteiger partial charge in [-0.15, -0.1) is 0 Å². The first kappa shape index (κ1) is 16.8. The maximum absolute atomic E-state index is 12.6. The number of pyridine rings is 1. The number of nitrogens with zero attached hydrogens (tertiary/aromatic N) is 3. The van der Waals surface area contributed by atoms with Gasteiger partial charge in [0.2, 0.25) is 0 Å². The van der Waals surface area contributed by atoms with Crippen LogP contribution in [-0.2, 0) is 6.54 Å². The summed E-state index contributed by atoms with van der Waals surface area (Å²) in [6.07, 6.45) is 2.87. The first-order valence-corrected chi connectivity index (χ1v) is 9.63. The van der Waals surface area contributed by atoms with Gasteiger partial charge in [0.1, 0.15) is 0 Å². The Morgan fingerprint density at radius 3 is 2.68 bits per heavy atom. The van der Waals surface area contributed by atoms with Crippen molar-refractivity contribution in [1.82, 2.24) is 20.1 Å². The number of piperidine rings is 2. The molecular formula is C20H30N4O. The molecule has 4 atom stereocenters. The predicted molar refractivity (Wildman–Crippen MR) is 97.9 cm³/mol. The second-order valence-corrected chi connectivity index (χ2v) is 8.82. The van der Waals surface area contributed by atoms with E-state index in [2.05, 4.69) is 42.0 Å². The highest BCUT2D eigenvalue weighted by atomic mass is 16.2. The molecule has 1 aromatic rings. The van der Waals surface area contributed by atoms with Crippen LogP contribution in [0.4, 0.5) is 4.79 Å². The van der Waals surface area contributed by atoms with Crippen LogP contribution >= 0.6 is 0 Å². The lowest BCUT2D eigenvalue weighted by atomic mass is 9.94. The standard InChI is InChI=1S/C20H30N4O/c1-14-10-23(11-15-6-4-5-8-21-15)9-7-18(14)22-19(25)24-12-16-17(13-24)20(16,2)3/h4-6,8,14,16-18H,7,9-13H2,1-3H3,(H,22,25). The Bertz CT molecular complexity index is 618. The largest absolute Gasteiger partial charge is 0.335 e. The van der Waals surface area contributed by atoms with Crippen molar-refractivity contribution in [2.24, 2.45) is 23.2 Å². The van der Waals surface area contributed by atoms with Crippen molar-refractivity contribution < 1.29 is 4.79 Å². The number of hydrogen-bond donors (Lipinski definition) is 1. The average Bonchev–Trinajstić information content (AvgIpc) is 2.95. The van der Waals surface area contributed by atoms with Crippen LogP contribution in [0.2, 0.25) is 0 Å². The van der Waals surface area contributed by atoms with Gasteiger partial charge in [0.15, 0.2) is 0 Å². The lowest BCUT2D eigenvalue weighted by molar-refractivity contribution is 0.133. The van der Waals surface area contributed by atoms with E-state index in [1.807, 2.05) is 23.2 Å². The lowest BCUT2D eigenvalue weighted by Gasteiger charge is -2.38. The summed E-state index contributed by atoms with van der Waals surface area (Å²) < 4.78 is 0. The molecule has 25 heavy (non-hydrogen) atoms. The molecular weight excluding hydrogens is 312 g/mol. The maximum atomic E-state index is 12.6. The summed E-state index contributed by atoms with van der Waals surface area (Å²) in [5.74, 6) is 1.90. The quantitative estimate of drug-likeness (QED) is 0.918. The zero-order chi connectivity index (χ0) is 17.6. The van der Waals surface area contributed by atoms with Crippen molar-refractivity contribution in [2.75, 3.05) is 26.2 Å². The van der Waals surface area contributed by atoms with Crippen molar-refractivity contribution in [2.45, 2.75) is 39.8 Å². The second kappa shape index (κ2) is 6.27. The number of fused-ring (bicyclic) bond motifs is 1. The molecule has 2 saturated heterocycles. The van der Waals surface area contributed by atoms with Crippen molar-refractivity contribution >= 4 is 6.03 Å². The minimum Gasteiger partial charge on any atom is -0.335 e. The lowest BCUT2D eigenvalue weighted by Crippen LogP contribution is -2.53. The molecule has 5 nitrogen and oxygen atoms in total. The fourth-order valence-electron chi connectivity index (χ4n) is 4.86. The van der Waals surface area contributed by atoms with Crippen LogP contribution in [0.15, 0.2) is 24.4 Å². The molecule has 4 rings (SSSR count). The molecule has 0 radical (unpaired) electrons. The first-order chi connectivity index (χ1) is 11.9. The van der Waals surface area contributed by atoms with Gasteiger partial charge in [-0.3, -0.25) is 9.88 Å². The Hall–Kier alpha value is -1.62. The van der Waals surface area contributed by atoms with Crippen molar-refractivity contribution in [1.29, 1.82) is 0 Å². The molecule has 0 spiro atoms. The Labute approximate surface area is 150 Å². The van der Waals surface area contributed by atoms with Crippen LogP contribution in [0.3, 0.4) is 0 Å². The van der Waals surface area contributed by atoms with Gasteiger partial charge in [-0.1, -0.05) is 26.8 Å². The van der Waals surface area contributed by atoms with E-state index in [9.17, 15) is 4.79 Å². The number of hydrogen-bond acceptors (Lipinski definition) is 3. The number of nitrogens with one attached hydrogen (secondary N) is 1. The number of amides is 2. The monoisotopic (exact) mass is 342 g/mol. The Balaban J connectivity index is 1.25. The highest BCUT2D eigenvalue weighted by Crippen LogP contribution is 2.61. The SMILES string of the molecule is CC1CN(Cc2ccccn2)CCC1NC(=O)N1CC2C(C1)C2(C)C. The molecule has 1 aromatic heterocycles. The molecule has 5 heteroatoms. The normalized spacial score (nSPS) is 33.8. The Morgan fingerprint density at radius 2 is 2.04 bits per heavy atom. The molecule has 4 unspecified atom stereocenters. The highest BCUT2D eigenvalue weighted by Gasteiger charge is 2.62. The summed E-state index contributed by atoms with van der Waals surface area (Å²) in [6, 6.07) is 6.52. The van der Waals surface area contributed by atoms with Crippen molar-refractivity contribution in [3.63, 3.8) is 0 Å². The zero-order valence-corrected chi connectivity index (χ0v) is 15.6. The van der Waals surface area contributed by atoms with Crippen LogP contribution in [-0.4, -0.2) is 53.0 Å². The summed E-state index contributed by atoms with van der Waals surface area (Å²) in [7, 11) is 0. The number of urea groups is 1. The minimum absolute atomic E-state index is 0.151. The van der Waals surface area contributed by atoms with E-state index in [-0.39, 0.29) is 12.1 Å². The van der Waals surface area contributed by atoms with E-state index < -0.39 is 0 Å². The van der Waals surface area contributed by atoms with Gasteiger partial charge in [0, 0.05) is 45.0 Å². The predicted octanol–water partition coefficient (Wildman–Crippen LogP) is 2.59. The van der Waals surface area contributed by atoms with Crippen LogP contribution in [0.5, 0.6) is 0 Å². The van der Waals surface area contributed by atoms with Gasteiger partial charge in [0.05, 0.1) is 5.69 Å². The Morgan fingerprint density at radius 1 is 1.28 bits per heavy atom. The van der Waals surface area contributed by atoms with Gasteiger partial charge in [-0.2, -0.15) is 0 Å². The topological polar surface area (TPSA) is 48.5 Å². The molecule has 3 heterocycles. The third-order valence-corrected chi connectivity index (χ3v) is 6.82. The molecule has 136 valence electrons. The van der Waals surface area contributed by atoms with Gasteiger partial charge < -0.3 is 10.2 Å². The number of carbonyl (C=O) groups is 1. The van der Waals surface area contributed by atoms with Crippen LogP contribution in [0.25, 0.3) is 0 Å². The van der Waals surface area contributed by atoms with Gasteiger partial charge in [0.25, 0.3) is 0 Å². The van der Waals surface area contributed by atoms with Gasteiger partial charge in [-0.25, -0.2) is 4.79 Å². The minimum atomic E-state index is 0.151. The molecule has 2 aliphatic heterocycles. The molecule has 1 N–H and O–H groups in total. The van der Waals surface area contributed by atoms with E-state index in [1.165, 1.54) is 0 Å². The third-order valence-electron chi connectivity index (χ3n) is 6.82. The number of aromatic nitrogens is 1. The van der Waals surface area contributed by atoms with Gasteiger partial charge >= 0.3 is 6.03 Å². The smallest absolute Gasteiger partial charge is 0.317 e. The fourth-order valence-corrected chi connectivity index (χ4v) is 4.86. The average molecular weight is 342 g/mol. The fraction of sp³-hybridized carbons (Fsp3) is 0.700. The molecule has 3 aliphatic rings. The molecule has 0 bridgehead atoms. The summed E-state index contributed by atoms with van der Waals surface area (Å²) in [5, 5.41) is 3.31. The van der Waals surface area contributed by atoms with E-state index >= 15 is 0 Å². The first-order valence-electron chi connectivity index (χ1n) is 9.63. The Kier molecular flexibility index (Phi) is 4.22. The maximum Gasteiger partial charge on any atom is 0.317 e. The third kappa shape index (κ3) is 3.26. The molecule has 2 amide bonds. The van der Waals surface area contributed by atoms with Crippen molar-refractivity contribution in [3.8, 4) is 0 Å². The molecule has 1 saturated carbocycles. The number of rotatable bonds is 3. The van der Waals surface area contributed by atoms with Crippen LogP contribution in [0.1, 0.15) is 32.9 Å². The zero-order valence-electron chi connectivity index (χ0n) is 15.6. The van der Waals surface area contributed by atoms with Crippen LogP contribution < -0.4 is 5.32 Å². The molecule has 0 aromatic carbocycles. The summed E-state index contributed by atoms with van der Waals surface area (Å²) in [6.45, 7) is 11.7. The number of carbonyl (C=O) groups excluding carboxylic acids is 1. The van der Waals surface area contributed by atoms with Crippen LogP contribution in [0, 0.1) is 23.2 Å². The summed E-state index contributed by atoms with van der Waals surface area (Å²) in [4.78, 5) is 21.5. The van der Waals surface area contributed by atoms with Gasteiger partial charge in [-0.05, 0) is 41.7 Å². The van der Waals surface area contributed by atoms with E-state index in [0.29, 0.717) is 11.3 Å². The van der Waals surface area contributed by atoms with E-state index in [1.54, 1.807) is 0 Å². The van der Waals surface area contributed by atoms with E-state index in [4.69, 9.17) is 0 Å².